The fraction of sp³-hybridized carbons (Fsp3) is 0.643. The van der Waals surface area contributed by atoms with Crippen LogP contribution in [0.15, 0.2) is 12.4 Å². The smallest absolute Gasteiger partial charge is 0.407 e. The van der Waals surface area contributed by atoms with Crippen molar-refractivity contribution >= 4 is 17.7 Å². The Kier molecular flexibility index (Phi) is 4.50. The number of nitrogens with zero attached hydrogens (tertiary/aromatic N) is 3. The van der Waals surface area contributed by atoms with Crippen LogP contribution in [-0.4, -0.2) is 40.8 Å². The molecule has 3 N–H and O–H groups in total. The van der Waals surface area contributed by atoms with Crippen molar-refractivity contribution < 1.29 is 9.53 Å². The van der Waals surface area contributed by atoms with Gasteiger partial charge in [0.2, 0.25) is 5.95 Å². The first kappa shape index (κ1) is 15.3. The van der Waals surface area contributed by atoms with Crippen LogP contribution >= 0.6 is 0 Å². The van der Waals surface area contributed by atoms with E-state index in [9.17, 15) is 4.79 Å². The molecule has 0 spiro atoms. The van der Waals surface area contributed by atoms with Crippen LogP contribution in [0.4, 0.5) is 16.4 Å². The minimum absolute atomic E-state index is 0.0368. The standard InChI is InChI=1S/C14H23N5O2/c1-14(2,3)21-13(20)18-11-5-4-6-19(9-11)12-16-7-10(15)8-17-12/h7-8,11H,4-6,9,15H2,1-3H3,(H,18,20)/t11-/m0/s1. The van der Waals surface area contributed by atoms with Crippen LogP contribution in [0.1, 0.15) is 33.6 Å². The summed E-state index contributed by atoms with van der Waals surface area (Å²) in [6.45, 7) is 7.09. The van der Waals surface area contributed by atoms with Gasteiger partial charge in [0.25, 0.3) is 0 Å². The van der Waals surface area contributed by atoms with Gasteiger partial charge in [-0.05, 0) is 33.6 Å². The van der Waals surface area contributed by atoms with Crippen molar-refractivity contribution in [3.8, 4) is 0 Å². The van der Waals surface area contributed by atoms with Crippen LogP contribution in [0.3, 0.4) is 0 Å². The number of nitrogens with one attached hydrogen (secondary N) is 1. The number of ether oxygens (including phenoxy) is 1. The number of aromatic nitrogens is 2. The maximum atomic E-state index is 11.8. The highest BCUT2D eigenvalue weighted by Crippen LogP contribution is 2.16. The van der Waals surface area contributed by atoms with E-state index >= 15 is 0 Å². The maximum Gasteiger partial charge on any atom is 0.407 e. The molecule has 2 heterocycles. The molecule has 0 unspecified atom stereocenters. The number of piperidine rings is 1. The highest BCUT2D eigenvalue weighted by atomic mass is 16.6. The predicted octanol–water partition coefficient (Wildman–Crippen LogP) is 1.55. The number of anilines is 2. The molecule has 1 aromatic rings. The fourth-order valence-electron chi connectivity index (χ4n) is 2.25. The fourth-order valence-corrected chi connectivity index (χ4v) is 2.25. The Hall–Kier alpha value is -2.05. The molecule has 1 aliphatic rings. The zero-order chi connectivity index (χ0) is 15.5. The summed E-state index contributed by atoms with van der Waals surface area (Å²) < 4.78 is 5.28. The van der Waals surface area contributed by atoms with Gasteiger partial charge in [-0.15, -0.1) is 0 Å². The Labute approximate surface area is 124 Å². The number of carbonyl (C=O) groups is 1. The van der Waals surface area contributed by atoms with E-state index in [0.29, 0.717) is 18.2 Å². The van der Waals surface area contributed by atoms with Crippen LogP contribution < -0.4 is 16.0 Å². The molecule has 0 aliphatic carbocycles. The third-order valence-electron chi connectivity index (χ3n) is 3.08. The van der Waals surface area contributed by atoms with Gasteiger partial charge in [0.1, 0.15) is 5.60 Å². The van der Waals surface area contributed by atoms with Gasteiger partial charge in [-0.2, -0.15) is 0 Å². The zero-order valence-corrected chi connectivity index (χ0v) is 12.8. The molecule has 7 heteroatoms. The van der Waals surface area contributed by atoms with Crippen molar-refractivity contribution in [2.45, 2.75) is 45.3 Å². The summed E-state index contributed by atoms with van der Waals surface area (Å²) in [6.07, 6.45) is 4.69. The van der Waals surface area contributed by atoms with E-state index in [1.807, 2.05) is 25.7 Å². The molecule has 0 bridgehead atoms. The summed E-state index contributed by atoms with van der Waals surface area (Å²) in [4.78, 5) is 22.3. The third-order valence-corrected chi connectivity index (χ3v) is 3.08. The molecule has 1 aromatic heterocycles. The number of rotatable bonds is 2. The van der Waals surface area contributed by atoms with Crippen molar-refractivity contribution in [3.63, 3.8) is 0 Å². The van der Waals surface area contributed by atoms with E-state index in [4.69, 9.17) is 10.5 Å². The molecular formula is C14H23N5O2. The number of alkyl carbamates (subject to hydrolysis) is 1. The first-order valence-electron chi connectivity index (χ1n) is 7.15. The summed E-state index contributed by atoms with van der Waals surface area (Å²) in [5.74, 6) is 0.639. The Bertz CT molecular complexity index is 483. The lowest BCUT2D eigenvalue weighted by molar-refractivity contribution is 0.0500. The van der Waals surface area contributed by atoms with Gasteiger partial charge in [-0.1, -0.05) is 0 Å². The lowest BCUT2D eigenvalue weighted by Gasteiger charge is -2.33. The van der Waals surface area contributed by atoms with Crippen molar-refractivity contribution in [1.82, 2.24) is 15.3 Å². The molecule has 1 saturated heterocycles. The lowest BCUT2D eigenvalue weighted by atomic mass is 10.1. The highest BCUT2D eigenvalue weighted by Gasteiger charge is 2.25. The first-order chi connectivity index (χ1) is 9.83. The minimum atomic E-state index is -0.488. The van der Waals surface area contributed by atoms with Crippen molar-refractivity contribution in [3.05, 3.63) is 12.4 Å². The Morgan fingerprint density at radius 3 is 2.71 bits per heavy atom. The normalized spacial score (nSPS) is 19.2. The largest absolute Gasteiger partial charge is 0.444 e. The average molecular weight is 293 g/mol. The Morgan fingerprint density at radius 1 is 1.43 bits per heavy atom. The monoisotopic (exact) mass is 293 g/mol. The van der Waals surface area contributed by atoms with E-state index in [-0.39, 0.29) is 12.1 Å². The molecule has 7 nitrogen and oxygen atoms in total. The molecule has 1 aliphatic heterocycles. The molecule has 1 fully saturated rings. The van der Waals surface area contributed by atoms with Crippen LogP contribution in [0, 0.1) is 0 Å². The molecule has 21 heavy (non-hydrogen) atoms. The van der Waals surface area contributed by atoms with Crippen LogP contribution in [0.5, 0.6) is 0 Å². The molecule has 1 amide bonds. The van der Waals surface area contributed by atoms with E-state index in [1.165, 1.54) is 0 Å². The van der Waals surface area contributed by atoms with Gasteiger partial charge < -0.3 is 20.7 Å². The van der Waals surface area contributed by atoms with Gasteiger partial charge in [0.15, 0.2) is 0 Å². The topological polar surface area (TPSA) is 93.4 Å². The van der Waals surface area contributed by atoms with E-state index in [0.717, 1.165) is 19.4 Å². The third kappa shape index (κ3) is 4.77. The highest BCUT2D eigenvalue weighted by molar-refractivity contribution is 5.68. The van der Waals surface area contributed by atoms with Crippen molar-refractivity contribution in [1.29, 1.82) is 0 Å². The lowest BCUT2D eigenvalue weighted by Crippen LogP contribution is -2.49. The van der Waals surface area contributed by atoms with Crippen LogP contribution in [-0.2, 0) is 4.74 Å². The molecule has 0 saturated carbocycles. The molecule has 0 aromatic carbocycles. The second kappa shape index (κ2) is 6.15. The number of amides is 1. The number of nitrogens with two attached hydrogens (primary N) is 1. The van der Waals surface area contributed by atoms with Crippen LogP contribution in [0.2, 0.25) is 0 Å². The summed E-state index contributed by atoms with van der Waals surface area (Å²) in [6, 6.07) is 0.0368. The minimum Gasteiger partial charge on any atom is -0.444 e. The summed E-state index contributed by atoms with van der Waals surface area (Å²) in [7, 11) is 0. The average Bonchev–Trinajstić information content (AvgIpc) is 2.37. The molecular weight excluding hydrogens is 270 g/mol. The SMILES string of the molecule is CC(C)(C)OC(=O)N[C@H]1CCCN(c2ncc(N)cn2)C1. The maximum absolute atomic E-state index is 11.8. The molecule has 1 atom stereocenters. The summed E-state index contributed by atoms with van der Waals surface area (Å²) in [5.41, 5.74) is 5.64. The quantitative estimate of drug-likeness (QED) is 0.859. The second-order valence-electron chi connectivity index (χ2n) is 6.25. The molecule has 2 rings (SSSR count). The number of nitrogen functional groups attached to an aromatic ring is 1. The van der Waals surface area contributed by atoms with Gasteiger partial charge in [0.05, 0.1) is 18.1 Å². The number of hydrogen-bond donors (Lipinski definition) is 2. The summed E-state index contributed by atoms with van der Waals surface area (Å²) >= 11 is 0. The first-order valence-corrected chi connectivity index (χ1v) is 7.15. The summed E-state index contributed by atoms with van der Waals surface area (Å²) in [5, 5.41) is 2.90. The second-order valence-corrected chi connectivity index (χ2v) is 6.25. The van der Waals surface area contributed by atoms with Gasteiger partial charge >= 0.3 is 6.09 Å². The van der Waals surface area contributed by atoms with Gasteiger partial charge in [-0.3, -0.25) is 0 Å². The van der Waals surface area contributed by atoms with Gasteiger partial charge in [-0.25, -0.2) is 14.8 Å². The number of hydrogen-bond acceptors (Lipinski definition) is 6. The number of carbonyl (C=O) groups excluding carboxylic acids is 1. The van der Waals surface area contributed by atoms with Crippen molar-refractivity contribution in [2.75, 3.05) is 23.7 Å². The Morgan fingerprint density at radius 2 is 2.10 bits per heavy atom. The molecule has 116 valence electrons. The van der Waals surface area contributed by atoms with E-state index in [2.05, 4.69) is 15.3 Å². The zero-order valence-electron chi connectivity index (χ0n) is 12.8. The predicted molar refractivity (Wildman–Crippen MR) is 81.0 cm³/mol. The van der Waals surface area contributed by atoms with Crippen molar-refractivity contribution in [2.24, 2.45) is 0 Å². The Balaban J connectivity index is 1.91. The van der Waals surface area contributed by atoms with Crippen LogP contribution in [0.25, 0.3) is 0 Å². The van der Waals surface area contributed by atoms with E-state index < -0.39 is 5.60 Å². The molecule has 0 radical (unpaired) electrons. The van der Waals surface area contributed by atoms with Gasteiger partial charge in [0, 0.05) is 19.1 Å². The van der Waals surface area contributed by atoms with E-state index in [1.54, 1.807) is 12.4 Å².